The van der Waals surface area contributed by atoms with Crippen LogP contribution in [-0.2, 0) is 17.8 Å². The van der Waals surface area contributed by atoms with Crippen molar-refractivity contribution in [2.45, 2.75) is 26.0 Å². The molecule has 2 N–H and O–H groups in total. The highest BCUT2D eigenvalue weighted by atomic mass is 16.5. The number of rotatable bonds is 5. The van der Waals surface area contributed by atoms with E-state index in [2.05, 4.69) is 33.6 Å². The van der Waals surface area contributed by atoms with Gasteiger partial charge in [-0.25, -0.2) is 4.98 Å². The molecule has 0 unspecified atom stereocenters. The minimum atomic E-state index is -0.140. The van der Waals surface area contributed by atoms with Crippen molar-refractivity contribution in [3.8, 4) is 5.75 Å². The predicted molar refractivity (Wildman–Crippen MR) is 82.6 cm³/mol. The summed E-state index contributed by atoms with van der Waals surface area (Å²) in [5.41, 5.74) is 2.37. The maximum atomic E-state index is 11.8. The molecule has 0 saturated heterocycles. The number of aromatic nitrogens is 2. The fraction of sp³-hybridized carbons (Fsp3) is 0.312. The minimum absolute atomic E-state index is 0.140. The molecule has 0 saturated carbocycles. The molecule has 1 aromatic heterocycles. The normalized spacial score (nSPS) is 16.0. The quantitative estimate of drug-likeness (QED) is 0.875. The number of fused-ring (bicyclic) bond motifs is 1. The van der Waals surface area contributed by atoms with E-state index in [1.807, 2.05) is 12.1 Å². The fourth-order valence-corrected chi connectivity index (χ4v) is 2.46. The molecule has 6 nitrogen and oxygen atoms in total. The Labute approximate surface area is 128 Å². The van der Waals surface area contributed by atoms with E-state index >= 15 is 0 Å². The number of hydrogen-bond acceptors (Lipinski definition) is 5. The lowest BCUT2D eigenvalue weighted by molar-refractivity contribution is -0.115. The zero-order valence-electron chi connectivity index (χ0n) is 12.4. The molecule has 114 valence electrons. The van der Waals surface area contributed by atoms with Crippen LogP contribution in [0, 0.1) is 0 Å². The van der Waals surface area contributed by atoms with E-state index < -0.39 is 0 Å². The van der Waals surface area contributed by atoms with E-state index in [0.717, 1.165) is 17.7 Å². The number of ether oxygens (including phenoxy) is 1. The van der Waals surface area contributed by atoms with E-state index in [1.54, 1.807) is 6.20 Å². The van der Waals surface area contributed by atoms with Crippen molar-refractivity contribution in [3.63, 3.8) is 0 Å². The van der Waals surface area contributed by atoms with Gasteiger partial charge in [0.25, 0.3) is 0 Å². The van der Waals surface area contributed by atoms with Crippen LogP contribution < -0.4 is 15.4 Å². The first kappa shape index (κ1) is 14.5. The number of benzene rings is 1. The summed E-state index contributed by atoms with van der Waals surface area (Å²) in [5.74, 6) is 1.29. The zero-order chi connectivity index (χ0) is 15.4. The molecule has 6 heteroatoms. The summed E-state index contributed by atoms with van der Waals surface area (Å²) in [6.07, 6.45) is 5.80. The van der Waals surface area contributed by atoms with Gasteiger partial charge in [0, 0.05) is 25.4 Å². The fourth-order valence-electron chi connectivity index (χ4n) is 2.46. The van der Waals surface area contributed by atoms with Gasteiger partial charge in [-0.15, -0.1) is 0 Å². The molecule has 0 bridgehead atoms. The van der Waals surface area contributed by atoms with Crippen molar-refractivity contribution < 1.29 is 9.53 Å². The van der Waals surface area contributed by atoms with Crippen LogP contribution in [0.4, 0.5) is 5.82 Å². The van der Waals surface area contributed by atoms with E-state index in [9.17, 15) is 4.79 Å². The second kappa shape index (κ2) is 6.53. The van der Waals surface area contributed by atoms with E-state index in [0.29, 0.717) is 12.4 Å². The second-order valence-electron chi connectivity index (χ2n) is 5.32. The molecule has 2 aromatic rings. The molecule has 1 atom stereocenters. The van der Waals surface area contributed by atoms with Crippen molar-refractivity contribution >= 4 is 11.7 Å². The third kappa shape index (κ3) is 3.59. The van der Waals surface area contributed by atoms with Crippen molar-refractivity contribution in [2.24, 2.45) is 0 Å². The van der Waals surface area contributed by atoms with Crippen molar-refractivity contribution in [1.82, 2.24) is 15.3 Å². The molecular formula is C16H18N4O2. The lowest BCUT2D eigenvalue weighted by Gasteiger charge is -2.07. The molecule has 3 rings (SSSR count). The van der Waals surface area contributed by atoms with Crippen molar-refractivity contribution in [2.75, 3.05) is 11.9 Å². The molecule has 2 heterocycles. The van der Waals surface area contributed by atoms with Gasteiger partial charge in [0.1, 0.15) is 11.9 Å². The smallest absolute Gasteiger partial charge is 0.239 e. The molecular weight excluding hydrogens is 280 g/mol. The van der Waals surface area contributed by atoms with Gasteiger partial charge in [-0.3, -0.25) is 9.78 Å². The Hall–Kier alpha value is -2.47. The van der Waals surface area contributed by atoms with Gasteiger partial charge in [-0.05, 0) is 24.1 Å². The van der Waals surface area contributed by atoms with Gasteiger partial charge < -0.3 is 15.4 Å². The summed E-state index contributed by atoms with van der Waals surface area (Å²) in [6, 6.07) is 6.15. The average Bonchev–Trinajstić information content (AvgIpc) is 2.87. The van der Waals surface area contributed by atoms with Crippen LogP contribution >= 0.6 is 0 Å². The third-order valence-electron chi connectivity index (χ3n) is 3.41. The second-order valence-corrected chi connectivity index (χ2v) is 5.32. The molecule has 0 spiro atoms. The van der Waals surface area contributed by atoms with Gasteiger partial charge in [0.15, 0.2) is 5.82 Å². The van der Waals surface area contributed by atoms with Crippen LogP contribution in [0.25, 0.3) is 0 Å². The first-order valence-electron chi connectivity index (χ1n) is 7.26. The highest BCUT2D eigenvalue weighted by Crippen LogP contribution is 2.29. The number of carbonyl (C=O) groups excluding carboxylic acids is 1. The van der Waals surface area contributed by atoms with E-state index in [4.69, 9.17) is 4.74 Å². The topological polar surface area (TPSA) is 76.1 Å². The Morgan fingerprint density at radius 1 is 1.41 bits per heavy atom. The van der Waals surface area contributed by atoms with Crippen LogP contribution in [0.2, 0.25) is 0 Å². The highest BCUT2D eigenvalue weighted by molar-refractivity contribution is 5.91. The molecule has 1 aliphatic heterocycles. The van der Waals surface area contributed by atoms with Crippen LogP contribution in [-0.4, -0.2) is 28.5 Å². The standard InChI is InChI=1S/C16H18N4O2/c1-11-6-13-7-12(2-3-14(13)22-11)8-18-10-16(21)20-15-9-17-4-5-19-15/h2-5,7,9,11,18H,6,8,10H2,1H3,(H,19,20,21)/t11-/m1/s1. The summed E-state index contributed by atoms with van der Waals surface area (Å²) < 4.78 is 5.67. The predicted octanol–water partition coefficient (Wildman–Crippen LogP) is 1.53. The highest BCUT2D eigenvalue weighted by Gasteiger charge is 2.18. The maximum Gasteiger partial charge on any atom is 0.239 e. The van der Waals surface area contributed by atoms with Gasteiger partial charge in [0.05, 0.1) is 12.7 Å². The van der Waals surface area contributed by atoms with Gasteiger partial charge in [0.2, 0.25) is 5.91 Å². The van der Waals surface area contributed by atoms with E-state index in [1.165, 1.54) is 18.0 Å². The number of hydrogen-bond donors (Lipinski definition) is 2. The number of carbonyl (C=O) groups is 1. The number of anilines is 1. The molecule has 1 amide bonds. The van der Waals surface area contributed by atoms with Crippen molar-refractivity contribution in [1.29, 1.82) is 0 Å². The summed E-state index contributed by atoms with van der Waals surface area (Å²) in [6.45, 7) is 2.92. The van der Waals surface area contributed by atoms with Crippen LogP contribution in [0.1, 0.15) is 18.1 Å². The molecule has 1 aliphatic rings. The first-order valence-corrected chi connectivity index (χ1v) is 7.26. The Morgan fingerprint density at radius 2 is 2.32 bits per heavy atom. The van der Waals surface area contributed by atoms with Gasteiger partial charge in [-0.1, -0.05) is 12.1 Å². The summed E-state index contributed by atoms with van der Waals surface area (Å²) in [7, 11) is 0. The summed E-state index contributed by atoms with van der Waals surface area (Å²) >= 11 is 0. The van der Waals surface area contributed by atoms with Crippen LogP contribution in [0.5, 0.6) is 5.75 Å². The van der Waals surface area contributed by atoms with Crippen molar-refractivity contribution in [3.05, 3.63) is 47.9 Å². The largest absolute Gasteiger partial charge is 0.490 e. The Balaban J connectivity index is 1.47. The number of amides is 1. The molecule has 0 fully saturated rings. The lowest BCUT2D eigenvalue weighted by atomic mass is 10.1. The molecule has 0 aliphatic carbocycles. The van der Waals surface area contributed by atoms with Crippen LogP contribution in [0.15, 0.2) is 36.8 Å². The third-order valence-corrected chi connectivity index (χ3v) is 3.41. The molecule has 0 radical (unpaired) electrons. The molecule has 1 aromatic carbocycles. The summed E-state index contributed by atoms with van der Waals surface area (Å²) in [5, 5.41) is 5.80. The Kier molecular flexibility index (Phi) is 4.29. The molecule has 22 heavy (non-hydrogen) atoms. The average molecular weight is 298 g/mol. The van der Waals surface area contributed by atoms with Crippen LogP contribution in [0.3, 0.4) is 0 Å². The van der Waals surface area contributed by atoms with E-state index in [-0.39, 0.29) is 18.6 Å². The Morgan fingerprint density at radius 3 is 3.14 bits per heavy atom. The zero-order valence-corrected chi connectivity index (χ0v) is 12.4. The summed E-state index contributed by atoms with van der Waals surface area (Å²) in [4.78, 5) is 19.7. The number of nitrogens with one attached hydrogen (secondary N) is 2. The first-order chi connectivity index (χ1) is 10.7. The van der Waals surface area contributed by atoms with Gasteiger partial charge >= 0.3 is 0 Å². The maximum absolute atomic E-state index is 11.8. The lowest BCUT2D eigenvalue weighted by Crippen LogP contribution is -2.28. The number of nitrogens with zero attached hydrogens (tertiary/aromatic N) is 2. The SMILES string of the molecule is C[C@@H]1Cc2cc(CNCC(=O)Nc3cnccn3)ccc2O1. The van der Waals surface area contributed by atoms with Gasteiger partial charge in [-0.2, -0.15) is 0 Å². The minimum Gasteiger partial charge on any atom is -0.490 e. The Bertz CT molecular complexity index is 660. The monoisotopic (exact) mass is 298 g/mol.